The SMILES string of the molecule is Cc1nc(NC(=O)Cc2ccc(I)cc2)c(Cc2ccccc2)nc1-c1ccc(O)cc1. The predicted octanol–water partition coefficient (Wildman–Crippen LogP) is 5.53. The molecule has 5 nitrogen and oxygen atoms in total. The maximum absolute atomic E-state index is 12.8. The van der Waals surface area contributed by atoms with Crippen molar-refractivity contribution in [2.24, 2.45) is 0 Å². The summed E-state index contributed by atoms with van der Waals surface area (Å²) in [5.74, 6) is 0.541. The van der Waals surface area contributed by atoms with Gasteiger partial charge in [-0.25, -0.2) is 9.97 Å². The number of rotatable bonds is 6. The quantitative estimate of drug-likeness (QED) is 0.319. The number of halogens is 1. The van der Waals surface area contributed by atoms with Crippen LogP contribution in [-0.4, -0.2) is 21.0 Å². The Morgan fingerprint density at radius 2 is 1.59 bits per heavy atom. The van der Waals surface area contributed by atoms with Crippen LogP contribution in [0.15, 0.2) is 78.9 Å². The summed E-state index contributed by atoms with van der Waals surface area (Å²) in [7, 11) is 0. The van der Waals surface area contributed by atoms with Crippen molar-refractivity contribution in [3.05, 3.63) is 105 Å². The molecule has 1 heterocycles. The van der Waals surface area contributed by atoms with Crippen molar-refractivity contribution in [2.45, 2.75) is 19.8 Å². The van der Waals surface area contributed by atoms with Crippen molar-refractivity contribution in [3.8, 4) is 17.0 Å². The number of nitrogens with one attached hydrogen (secondary N) is 1. The van der Waals surface area contributed by atoms with Crippen molar-refractivity contribution in [2.75, 3.05) is 5.32 Å². The summed E-state index contributed by atoms with van der Waals surface area (Å²) in [6.45, 7) is 1.87. The number of benzene rings is 3. The van der Waals surface area contributed by atoms with Gasteiger partial charge in [0.05, 0.1) is 23.5 Å². The number of phenolic OH excluding ortho intramolecular Hbond substituents is 1. The molecule has 0 bridgehead atoms. The van der Waals surface area contributed by atoms with Gasteiger partial charge in [0.1, 0.15) is 5.75 Å². The zero-order chi connectivity index (χ0) is 22.5. The molecule has 1 aromatic heterocycles. The molecule has 0 unspecified atom stereocenters. The molecular formula is C26H22IN3O2. The van der Waals surface area contributed by atoms with Gasteiger partial charge in [-0.3, -0.25) is 4.79 Å². The first-order valence-corrected chi connectivity index (χ1v) is 11.3. The van der Waals surface area contributed by atoms with E-state index in [4.69, 9.17) is 9.97 Å². The van der Waals surface area contributed by atoms with Crippen molar-refractivity contribution in [1.29, 1.82) is 0 Å². The van der Waals surface area contributed by atoms with Crippen LogP contribution in [0.25, 0.3) is 11.3 Å². The molecule has 0 fully saturated rings. The highest BCUT2D eigenvalue weighted by Crippen LogP contribution is 2.26. The van der Waals surface area contributed by atoms with E-state index < -0.39 is 0 Å². The van der Waals surface area contributed by atoms with Crippen molar-refractivity contribution in [1.82, 2.24) is 9.97 Å². The van der Waals surface area contributed by atoms with Gasteiger partial charge in [-0.05, 0) is 77.0 Å². The monoisotopic (exact) mass is 535 g/mol. The average molecular weight is 535 g/mol. The van der Waals surface area contributed by atoms with E-state index in [-0.39, 0.29) is 18.1 Å². The highest BCUT2D eigenvalue weighted by atomic mass is 127. The van der Waals surface area contributed by atoms with Crippen LogP contribution in [0, 0.1) is 10.5 Å². The number of phenols is 1. The van der Waals surface area contributed by atoms with Crippen LogP contribution in [0.5, 0.6) is 5.75 Å². The fourth-order valence-corrected chi connectivity index (χ4v) is 3.78. The van der Waals surface area contributed by atoms with Crippen LogP contribution in [0.3, 0.4) is 0 Å². The van der Waals surface area contributed by atoms with E-state index in [0.29, 0.717) is 23.6 Å². The first kappa shape index (κ1) is 22.0. The number of aromatic hydroxyl groups is 1. The highest BCUT2D eigenvalue weighted by molar-refractivity contribution is 14.1. The van der Waals surface area contributed by atoms with E-state index in [1.165, 1.54) is 0 Å². The van der Waals surface area contributed by atoms with Gasteiger partial charge in [0.2, 0.25) is 5.91 Å². The summed E-state index contributed by atoms with van der Waals surface area (Å²) in [6, 6.07) is 24.7. The number of aryl methyl sites for hydroxylation is 1. The second-order valence-electron chi connectivity index (χ2n) is 7.51. The summed E-state index contributed by atoms with van der Waals surface area (Å²) < 4.78 is 1.13. The molecule has 0 atom stereocenters. The summed E-state index contributed by atoms with van der Waals surface area (Å²) in [6.07, 6.45) is 0.806. The van der Waals surface area contributed by atoms with Gasteiger partial charge >= 0.3 is 0 Å². The van der Waals surface area contributed by atoms with Crippen LogP contribution in [0.2, 0.25) is 0 Å². The van der Waals surface area contributed by atoms with E-state index in [2.05, 4.69) is 27.9 Å². The van der Waals surface area contributed by atoms with Gasteiger partial charge in [-0.2, -0.15) is 0 Å². The van der Waals surface area contributed by atoms with Crippen LogP contribution < -0.4 is 5.32 Å². The fourth-order valence-electron chi connectivity index (χ4n) is 3.42. The molecule has 2 N–H and O–H groups in total. The predicted molar refractivity (Wildman–Crippen MR) is 135 cm³/mol. The maximum Gasteiger partial charge on any atom is 0.229 e. The van der Waals surface area contributed by atoms with Gasteiger partial charge in [0, 0.05) is 15.6 Å². The van der Waals surface area contributed by atoms with E-state index in [1.807, 2.05) is 73.7 Å². The molecule has 0 aliphatic rings. The zero-order valence-corrected chi connectivity index (χ0v) is 19.7. The third kappa shape index (κ3) is 5.50. The Morgan fingerprint density at radius 1 is 0.906 bits per heavy atom. The molecule has 160 valence electrons. The van der Waals surface area contributed by atoms with E-state index in [0.717, 1.165) is 26.0 Å². The van der Waals surface area contributed by atoms with Gasteiger partial charge in [0.25, 0.3) is 0 Å². The van der Waals surface area contributed by atoms with Crippen LogP contribution in [0.1, 0.15) is 22.5 Å². The Balaban J connectivity index is 1.66. The lowest BCUT2D eigenvalue weighted by Crippen LogP contribution is -2.18. The van der Waals surface area contributed by atoms with Crippen molar-refractivity contribution < 1.29 is 9.90 Å². The molecule has 6 heteroatoms. The van der Waals surface area contributed by atoms with Crippen LogP contribution in [0.4, 0.5) is 5.82 Å². The average Bonchev–Trinajstić information content (AvgIpc) is 2.78. The topological polar surface area (TPSA) is 75.1 Å². The second kappa shape index (κ2) is 9.91. The summed E-state index contributed by atoms with van der Waals surface area (Å²) in [4.78, 5) is 22.4. The molecular weight excluding hydrogens is 513 g/mol. The van der Waals surface area contributed by atoms with E-state index >= 15 is 0 Å². The Kier molecular flexibility index (Phi) is 6.80. The standard InChI is InChI=1S/C26H22IN3O2/c1-17-25(20-9-13-22(31)14-10-20)29-23(15-18-5-3-2-4-6-18)26(28-17)30-24(32)16-19-7-11-21(27)12-8-19/h2-14,31H,15-16H2,1H3,(H,28,30,32). The number of amides is 1. The van der Waals surface area contributed by atoms with Crippen LogP contribution >= 0.6 is 22.6 Å². The summed E-state index contributed by atoms with van der Waals surface area (Å²) >= 11 is 2.24. The number of hydrogen-bond acceptors (Lipinski definition) is 4. The van der Waals surface area contributed by atoms with Crippen LogP contribution in [-0.2, 0) is 17.6 Å². The lowest BCUT2D eigenvalue weighted by Gasteiger charge is -2.14. The minimum absolute atomic E-state index is 0.133. The number of aromatic nitrogens is 2. The normalized spacial score (nSPS) is 10.7. The van der Waals surface area contributed by atoms with Gasteiger partial charge in [-0.1, -0.05) is 42.5 Å². The number of carbonyl (C=O) groups excluding carboxylic acids is 1. The van der Waals surface area contributed by atoms with Crippen molar-refractivity contribution in [3.63, 3.8) is 0 Å². The lowest BCUT2D eigenvalue weighted by atomic mass is 10.1. The van der Waals surface area contributed by atoms with Crippen molar-refractivity contribution >= 4 is 34.3 Å². The molecule has 4 rings (SSSR count). The number of anilines is 1. The molecule has 0 saturated carbocycles. The molecule has 4 aromatic rings. The summed E-state index contributed by atoms with van der Waals surface area (Å²) in [5, 5.41) is 12.6. The lowest BCUT2D eigenvalue weighted by molar-refractivity contribution is -0.115. The minimum Gasteiger partial charge on any atom is -0.508 e. The van der Waals surface area contributed by atoms with Gasteiger partial charge < -0.3 is 10.4 Å². The molecule has 0 spiro atoms. The Hall–Kier alpha value is -3.26. The number of carbonyl (C=O) groups is 1. The molecule has 0 radical (unpaired) electrons. The third-order valence-electron chi connectivity index (χ3n) is 5.03. The molecule has 32 heavy (non-hydrogen) atoms. The Labute approximate surface area is 200 Å². The fraction of sp³-hybridized carbons (Fsp3) is 0.115. The minimum atomic E-state index is -0.133. The number of nitrogens with zero attached hydrogens (tertiary/aromatic N) is 2. The zero-order valence-electron chi connectivity index (χ0n) is 17.5. The number of hydrogen-bond donors (Lipinski definition) is 2. The highest BCUT2D eigenvalue weighted by Gasteiger charge is 2.16. The van der Waals surface area contributed by atoms with Gasteiger partial charge in [0.15, 0.2) is 5.82 Å². The molecule has 0 aliphatic carbocycles. The van der Waals surface area contributed by atoms with Gasteiger partial charge in [-0.15, -0.1) is 0 Å². The summed E-state index contributed by atoms with van der Waals surface area (Å²) in [5.41, 5.74) is 5.01. The molecule has 3 aromatic carbocycles. The first-order valence-electron chi connectivity index (χ1n) is 10.2. The third-order valence-corrected chi connectivity index (χ3v) is 5.75. The Morgan fingerprint density at radius 3 is 2.28 bits per heavy atom. The second-order valence-corrected chi connectivity index (χ2v) is 8.76. The molecule has 0 aliphatic heterocycles. The smallest absolute Gasteiger partial charge is 0.229 e. The maximum atomic E-state index is 12.8. The molecule has 1 amide bonds. The largest absolute Gasteiger partial charge is 0.508 e. The van der Waals surface area contributed by atoms with E-state index in [1.54, 1.807) is 12.1 Å². The Bertz CT molecular complexity index is 1220. The van der Waals surface area contributed by atoms with E-state index in [9.17, 15) is 9.90 Å². The molecule has 0 saturated heterocycles. The first-order chi connectivity index (χ1) is 15.5.